The summed E-state index contributed by atoms with van der Waals surface area (Å²) >= 11 is 1.60. The third-order valence-electron chi connectivity index (χ3n) is 6.15. The predicted molar refractivity (Wildman–Crippen MR) is 146 cm³/mol. The van der Waals surface area contributed by atoms with Crippen LogP contribution in [0.2, 0.25) is 0 Å². The summed E-state index contributed by atoms with van der Waals surface area (Å²) in [5, 5.41) is 4.96. The normalized spacial score (nSPS) is 13.1. The summed E-state index contributed by atoms with van der Waals surface area (Å²) in [7, 11) is 1.59. The molecule has 0 atom stereocenters. The van der Waals surface area contributed by atoms with Gasteiger partial charge in [-0.3, -0.25) is 14.6 Å². The molecule has 0 saturated heterocycles. The van der Waals surface area contributed by atoms with E-state index in [2.05, 4.69) is 27.1 Å². The molecule has 0 fully saturated rings. The highest BCUT2D eigenvalue weighted by Crippen LogP contribution is 2.38. The number of nitrogens with one attached hydrogen (secondary N) is 2. The van der Waals surface area contributed by atoms with Crippen molar-refractivity contribution < 1.29 is 14.3 Å². The Kier molecular flexibility index (Phi) is 7.29. The Morgan fingerprint density at radius 3 is 2.86 bits per heavy atom. The number of amides is 1. The summed E-state index contributed by atoms with van der Waals surface area (Å²) in [6.07, 6.45) is 9.32. The summed E-state index contributed by atoms with van der Waals surface area (Å²) in [4.78, 5) is 33.9. The van der Waals surface area contributed by atoms with E-state index >= 15 is 0 Å². The summed E-state index contributed by atoms with van der Waals surface area (Å²) in [6, 6.07) is 13.4. The molecule has 37 heavy (non-hydrogen) atoms. The first-order chi connectivity index (χ1) is 18.1. The lowest BCUT2D eigenvalue weighted by molar-refractivity contribution is -0.118. The van der Waals surface area contributed by atoms with Gasteiger partial charge in [0.05, 0.1) is 24.1 Å². The molecule has 4 aromatic rings. The zero-order valence-electron chi connectivity index (χ0n) is 20.3. The van der Waals surface area contributed by atoms with Crippen LogP contribution < -0.4 is 10.1 Å². The lowest BCUT2D eigenvalue weighted by Gasteiger charge is -2.10. The highest BCUT2D eigenvalue weighted by Gasteiger charge is 2.28. The third-order valence-corrected chi connectivity index (χ3v) is 7.02. The Labute approximate surface area is 219 Å². The molecule has 1 aliphatic rings. The molecule has 0 unspecified atom stereocenters. The van der Waals surface area contributed by atoms with E-state index in [-0.39, 0.29) is 11.7 Å². The minimum absolute atomic E-state index is 0.195. The maximum Gasteiger partial charge on any atom is 0.256 e. The van der Waals surface area contributed by atoms with Crippen molar-refractivity contribution in [3.8, 4) is 17.6 Å². The number of aromatic amines is 1. The minimum atomic E-state index is -0.195. The number of ketones is 1. The second kappa shape index (κ2) is 11.1. The molecular formula is C30H25N3O3S. The first kappa shape index (κ1) is 24.3. The van der Waals surface area contributed by atoms with Crippen LogP contribution in [0.5, 0.6) is 5.75 Å². The number of carbonyl (C=O) groups excluding carboxylic acids is 2. The Bertz CT molecular complexity index is 1520. The largest absolute Gasteiger partial charge is 0.495 e. The SMILES string of the molecule is COc1cc[nH]c1/C=C1\C(=O)Nc2ccc(CCCC(=O)Cc3cccs3)c(C#Cc3cccnc3)c21. The number of anilines is 1. The highest BCUT2D eigenvalue weighted by molar-refractivity contribution is 7.10. The quantitative estimate of drug-likeness (QED) is 0.243. The van der Waals surface area contributed by atoms with E-state index in [1.165, 1.54) is 0 Å². The summed E-state index contributed by atoms with van der Waals surface area (Å²) in [5.41, 5.74) is 5.27. The molecule has 1 aromatic carbocycles. The summed E-state index contributed by atoms with van der Waals surface area (Å²) < 4.78 is 5.42. The average Bonchev–Trinajstić information content (AvgIpc) is 3.65. The monoisotopic (exact) mass is 507 g/mol. The molecular weight excluding hydrogens is 482 g/mol. The van der Waals surface area contributed by atoms with Crippen LogP contribution in [0.3, 0.4) is 0 Å². The van der Waals surface area contributed by atoms with Gasteiger partial charge < -0.3 is 15.0 Å². The molecule has 3 aromatic heterocycles. The van der Waals surface area contributed by atoms with Crippen molar-refractivity contribution in [1.82, 2.24) is 9.97 Å². The van der Waals surface area contributed by atoms with E-state index in [0.717, 1.165) is 32.8 Å². The lowest BCUT2D eigenvalue weighted by Crippen LogP contribution is -2.04. The van der Waals surface area contributed by atoms with Crippen molar-refractivity contribution in [2.45, 2.75) is 25.7 Å². The van der Waals surface area contributed by atoms with Gasteiger partial charge in [0.25, 0.3) is 5.91 Å². The Morgan fingerprint density at radius 2 is 2.08 bits per heavy atom. The molecule has 1 aliphatic heterocycles. The van der Waals surface area contributed by atoms with Crippen molar-refractivity contribution in [1.29, 1.82) is 0 Å². The van der Waals surface area contributed by atoms with Gasteiger partial charge in [0.15, 0.2) is 0 Å². The van der Waals surface area contributed by atoms with Gasteiger partial charge in [-0.15, -0.1) is 11.3 Å². The number of methoxy groups -OCH3 is 1. The molecule has 4 heterocycles. The smallest absolute Gasteiger partial charge is 0.256 e. The number of hydrogen-bond acceptors (Lipinski definition) is 5. The first-order valence-corrected chi connectivity index (χ1v) is 12.9. The van der Waals surface area contributed by atoms with Gasteiger partial charge in [-0.25, -0.2) is 0 Å². The molecule has 0 radical (unpaired) electrons. The molecule has 5 rings (SSSR count). The zero-order chi connectivity index (χ0) is 25.6. The van der Waals surface area contributed by atoms with Gasteiger partial charge in [0, 0.05) is 53.0 Å². The maximum absolute atomic E-state index is 13.0. The Morgan fingerprint density at radius 1 is 1.16 bits per heavy atom. The Balaban J connectivity index is 1.49. The second-order valence-electron chi connectivity index (χ2n) is 8.63. The fraction of sp³-hybridized carbons (Fsp3) is 0.167. The van der Waals surface area contributed by atoms with Crippen molar-refractivity contribution >= 4 is 40.4 Å². The molecule has 0 aliphatic carbocycles. The number of aromatic nitrogens is 2. The number of fused-ring (bicyclic) bond motifs is 1. The van der Waals surface area contributed by atoms with Gasteiger partial charge >= 0.3 is 0 Å². The van der Waals surface area contributed by atoms with E-state index in [1.54, 1.807) is 43.1 Å². The van der Waals surface area contributed by atoms with E-state index in [1.807, 2.05) is 47.8 Å². The molecule has 0 spiro atoms. The number of H-pyrrole nitrogens is 1. The number of carbonyl (C=O) groups is 2. The number of rotatable bonds is 8. The third kappa shape index (κ3) is 5.55. The Hall–Kier alpha value is -4.41. The fourth-order valence-corrected chi connectivity index (χ4v) is 5.10. The molecule has 7 heteroatoms. The van der Waals surface area contributed by atoms with Crippen molar-refractivity contribution in [3.63, 3.8) is 0 Å². The molecule has 0 saturated carbocycles. The van der Waals surface area contributed by atoms with Crippen LogP contribution in [-0.2, 0) is 22.4 Å². The predicted octanol–water partition coefficient (Wildman–Crippen LogP) is 5.51. The standard InChI is InChI=1S/C30H25N3O3S/c1-36-28-13-15-32-27(28)18-25-29-24(11-9-20-5-3-14-31-19-20)21(10-12-26(29)33-30(25)35)6-2-7-22(34)17-23-8-4-16-37-23/h3-5,8,10,12-16,18-19,32H,2,6-7,17H2,1H3,(H,33,35)/b25-18-. The van der Waals surface area contributed by atoms with E-state index in [0.29, 0.717) is 42.7 Å². The second-order valence-corrected chi connectivity index (χ2v) is 9.67. The molecule has 184 valence electrons. The average molecular weight is 508 g/mol. The minimum Gasteiger partial charge on any atom is -0.495 e. The number of hydrogen-bond donors (Lipinski definition) is 2. The lowest BCUT2D eigenvalue weighted by atomic mass is 9.92. The maximum atomic E-state index is 13.0. The van der Waals surface area contributed by atoms with E-state index < -0.39 is 0 Å². The number of ether oxygens (including phenoxy) is 1. The van der Waals surface area contributed by atoms with Gasteiger partial charge in [-0.05, 0) is 60.2 Å². The van der Waals surface area contributed by atoms with Crippen LogP contribution in [0, 0.1) is 11.8 Å². The molecule has 6 nitrogen and oxygen atoms in total. The first-order valence-electron chi connectivity index (χ1n) is 12.0. The van der Waals surface area contributed by atoms with Gasteiger partial charge in [0.2, 0.25) is 0 Å². The summed E-state index contributed by atoms with van der Waals surface area (Å²) in [5.74, 6) is 7.20. The number of Topliss-reactive ketones (excluding diaryl/α,β-unsaturated/α-hetero) is 1. The molecule has 0 bridgehead atoms. The van der Waals surface area contributed by atoms with Gasteiger partial charge in [-0.1, -0.05) is 24.0 Å². The van der Waals surface area contributed by atoms with Crippen molar-refractivity contribution in [3.05, 3.63) is 99.3 Å². The topological polar surface area (TPSA) is 84.1 Å². The number of pyridine rings is 1. The number of aryl methyl sites for hydroxylation is 1. The van der Waals surface area contributed by atoms with Crippen LogP contribution >= 0.6 is 11.3 Å². The number of thiophene rings is 1. The summed E-state index contributed by atoms with van der Waals surface area (Å²) in [6.45, 7) is 0. The highest BCUT2D eigenvalue weighted by atomic mass is 32.1. The van der Waals surface area contributed by atoms with Gasteiger partial charge in [0.1, 0.15) is 11.5 Å². The molecule has 1 amide bonds. The van der Waals surface area contributed by atoms with Crippen molar-refractivity contribution in [2.24, 2.45) is 0 Å². The van der Waals surface area contributed by atoms with Crippen LogP contribution in [0.25, 0.3) is 11.6 Å². The van der Waals surface area contributed by atoms with E-state index in [9.17, 15) is 9.59 Å². The number of nitrogens with zero attached hydrogens (tertiary/aromatic N) is 1. The van der Waals surface area contributed by atoms with Gasteiger partial charge in [-0.2, -0.15) is 0 Å². The van der Waals surface area contributed by atoms with Crippen LogP contribution in [0.1, 0.15) is 45.7 Å². The zero-order valence-corrected chi connectivity index (χ0v) is 21.2. The van der Waals surface area contributed by atoms with Crippen LogP contribution in [-0.4, -0.2) is 28.8 Å². The van der Waals surface area contributed by atoms with Crippen LogP contribution in [0.15, 0.2) is 66.4 Å². The number of benzene rings is 1. The van der Waals surface area contributed by atoms with Crippen molar-refractivity contribution in [2.75, 3.05) is 12.4 Å². The molecule has 2 N–H and O–H groups in total. The fourth-order valence-electron chi connectivity index (χ4n) is 4.37. The van der Waals surface area contributed by atoms with Crippen LogP contribution in [0.4, 0.5) is 5.69 Å². The van der Waals surface area contributed by atoms with E-state index in [4.69, 9.17) is 4.74 Å².